The van der Waals surface area contributed by atoms with Crippen molar-refractivity contribution in [2.45, 2.75) is 44.7 Å². The van der Waals surface area contributed by atoms with Crippen LogP contribution in [-0.2, 0) is 26.2 Å². The lowest BCUT2D eigenvalue weighted by molar-refractivity contribution is -0.140. The molecule has 1 atom stereocenters. The molecule has 1 N–H and O–H groups in total. The minimum atomic E-state index is -4.18. The molecule has 0 heterocycles. The van der Waals surface area contributed by atoms with E-state index in [0.717, 1.165) is 9.87 Å². The molecular formula is C29H33Cl2N3O5S. The monoisotopic (exact) mass is 605 g/mol. The highest BCUT2D eigenvalue weighted by Crippen LogP contribution is 2.29. The van der Waals surface area contributed by atoms with Gasteiger partial charge in [0.1, 0.15) is 18.3 Å². The van der Waals surface area contributed by atoms with Crippen molar-refractivity contribution < 1.29 is 22.7 Å². The van der Waals surface area contributed by atoms with Gasteiger partial charge in [-0.2, -0.15) is 0 Å². The number of halogens is 2. The minimum absolute atomic E-state index is 0.0261. The molecule has 0 aliphatic carbocycles. The van der Waals surface area contributed by atoms with Gasteiger partial charge >= 0.3 is 0 Å². The number of carbonyl (C=O) groups is 2. The molecule has 11 heteroatoms. The molecule has 40 heavy (non-hydrogen) atoms. The van der Waals surface area contributed by atoms with Gasteiger partial charge in [0.05, 0.1) is 17.7 Å². The van der Waals surface area contributed by atoms with Crippen LogP contribution in [-0.4, -0.2) is 51.4 Å². The van der Waals surface area contributed by atoms with Crippen molar-refractivity contribution >= 4 is 50.7 Å². The Morgan fingerprint density at radius 1 is 0.950 bits per heavy atom. The minimum Gasteiger partial charge on any atom is -0.497 e. The summed E-state index contributed by atoms with van der Waals surface area (Å²) in [5.41, 5.74) is 1.61. The molecule has 8 nitrogen and oxygen atoms in total. The van der Waals surface area contributed by atoms with Gasteiger partial charge in [-0.3, -0.25) is 13.9 Å². The second-order valence-corrected chi connectivity index (χ2v) is 11.7. The number of nitrogens with zero attached hydrogens (tertiary/aromatic N) is 2. The number of nitrogens with one attached hydrogen (secondary N) is 1. The molecule has 0 aliphatic rings. The Balaban J connectivity index is 2.10. The Morgan fingerprint density at radius 3 is 2.08 bits per heavy atom. The maximum absolute atomic E-state index is 14.0. The molecule has 0 bridgehead atoms. The SMILES string of the molecule is CCNC(=O)C(CC)N(Cc1c(Cl)cccc1Cl)C(=O)CN(c1ccc(OC)cc1)S(=O)(=O)c1ccc(C)cc1. The molecule has 0 aromatic heterocycles. The average Bonchev–Trinajstić information content (AvgIpc) is 2.93. The molecule has 0 aliphatic heterocycles. The van der Waals surface area contributed by atoms with Crippen molar-refractivity contribution in [2.75, 3.05) is 24.5 Å². The van der Waals surface area contributed by atoms with Crippen molar-refractivity contribution in [3.05, 3.63) is 87.9 Å². The normalized spacial score (nSPS) is 11.9. The Morgan fingerprint density at radius 2 is 1.55 bits per heavy atom. The van der Waals surface area contributed by atoms with Gasteiger partial charge in [0, 0.05) is 28.7 Å². The first-order chi connectivity index (χ1) is 19.0. The predicted octanol–water partition coefficient (Wildman–Crippen LogP) is 5.45. The van der Waals surface area contributed by atoms with Gasteiger partial charge in [0.15, 0.2) is 0 Å². The Hall–Kier alpha value is -3.27. The van der Waals surface area contributed by atoms with Crippen molar-refractivity contribution in [1.29, 1.82) is 0 Å². The number of amides is 2. The number of rotatable bonds is 12. The number of anilines is 1. The van der Waals surface area contributed by atoms with E-state index < -0.39 is 28.5 Å². The lowest BCUT2D eigenvalue weighted by Crippen LogP contribution is -2.52. The van der Waals surface area contributed by atoms with E-state index in [1.807, 2.05) is 6.92 Å². The first-order valence-electron chi connectivity index (χ1n) is 12.8. The van der Waals surface area contributed by atoms with E-state index in [4.69, 9.17) is 27.9 Å². The summed E-state index contributed by atoms with van der Waals surface area (Å²) >= 11 is 12.8. The van der Waals surface area contributed by atoms with Crippen LogP contribution in [0.2, 0.25) is 10.0 Å². The Bertz CT molecular complexity index is 1410. The van der Waals surface area contributed by atoms with Crippen LogP contribution in [0.1, 0.15) is 31.4 Å². The predicted molar refractivity (Wildman–Crippen MR) is 158 cm³/mol. The molecular weight excluding hydrogens is 573 g/mol. The van der Waals surface area contributed by atoms with E-state index in [1.54, 1.807) is 68.4 Å². The molecule has 0 saturated carbocycles. The first-order valence-corrected chi connectivity index (χ1v) is 15.0. The Labute approximate surface area is 245 Å². The quantitative estimate of drug-likeness (QED) is 0.296. The third-order valence-electron chi connectivity index (χ3n) is 6.38. The first kappa shape index (κ1) is 31.3. The zero-order chi connectivity index (χ0) is 29.4. The van der Waals surface area contributed by atoms with E-state index >= 15 is 0 Å². The number of likely N-dealkylation sites (N-methyl/N-ethyl adjacent to an activating group) is 1. The smallest absolute Gasteiger partial charge is 0.264 e. The van der Waals surface area contributed by atoms with Crippen molar-refractivity contribution in [3.63, 3.8) is 0 Å². The average molecular weight is 607 g/mol. The molecule has 0 saturated heterocycles. The molecule has 0 spiro atoms. The van der Waals surface area contributed by atoms with E-state index in [1.165, 1.54) is 24.1 Å². The summed E-state index contributed by atoms with van der Waals surface area (Å²) in [5, 5.41) is 3.42. The van der Waals surface area contributed by atoms with Crippen LogP contribution in [0.4, 0.5) is 5.69 Å². The zero-order valence-electron chi connectivity index (χ0n) is 22.9. The summed E-state index contributed by atoms with van der Waals surface area (Å²) in [5.74, 6) is -0.431. The van der Waals surface area contributed by atoms with Gasteiger partial charge in [0.25, 0.3) is 10.0 Å². The van der Waals surface area contributed by atoms with Gasteiger partial charge in [-0.15, -0.1) is 0 Å². The fraction of sp³-hybridized carbons (Fsp3) is 0.310. The molecule has 214 valence electrons. The molecule has 3 aromatic rings. The number of hydrogen-bond acceptors (Lipinski definition) is 5. The Kier molecular flexibility index (Phi) is 10.8. The van der Waals surface area contributed by atoms with E-state index in [-0.39, 0.29) is 29.5 Å². The lowest BCUT2D eigenvalue weighted by atomic mass is 10.1. The summed E-state index contributed by atoms with van der Waals surface area (Å²) in [4.78, 5) is 28.4. The van der Waals surface area contributed by atoms with Gasteiger partial charge < -0.3 is 15.0 Å². The summed E-state index contributed by atoms with van der Waals surface area (Å²) in [6.45, 7) is 5.11. The number of ether oxygens (including phenoxy) is 1. The molecule has 0 fully saturated rings. The second kappa shape index (κ2) is 13.9. The van der Waals surface area contributed by atoms with Gasteiger partial charge in [-0.05, 0) is 68.8 Å². The molecule has 1 unspecified atom stereocenters. The number of sulfonamides is 1. The molecule has 2 amide bonds. The number of aryl methyl sites for hydroxylation is 1. The number of hydrogen-bond donors (Lipinski definition) is 1. The van der Waals surface area contributed by atoms with Crippen LogP contribution >= 0.6 is 23.2 Å². The summed E-state index contributed by atoms with van der Waals surface area (Å²) in [6, 6.07) is 16.8. The van der Waals surface area contributed by atoms with Crippen LogP contribution in [0.3, 0.4) is 0 Å². The number of benzene rings is 3. The fourth-order valence-corrected chi connectivity index (χ4v) is 6.11. The van der Waals surface area contributed by atoms with Gasteiger partial charge in [-0.1, -0.05) is 53.9 Å². The van der Waals surface area contributed by atoms with E-state index in [2.05, 4.69) is 5.32 Å². The highest BCUT2D eigenvalue weighted by molar-refractivity contribution is 7.92. The highest BCUT2D eigenvalue weighted by atomic mass is 35.5. The molecule has 3 rings (SSSR count). The molecule has 0 radical (unpaired) electrons. The van der Waals surface area contributed by atoms with Gasteiger partial charge in [0.2, 0.25) is 11.8 Å². The lowest BCUT2D eigenvalue weighted by Gasteiger charge is -2.33. The number of methoxy groups -OCH3 is 1. The van der Waals surface area contributed by atoms with Crippen molar-refractivity contribution in [1.82, 2.24) is 10.2 Å². The van der Waals surface area contributed by atoms with Crippen molar-refractivity contribution in [2.24, 2.45) is 0 Å². The summed E-state index contributed by atoms with van der Waals surface area (Å²) in [7, 11) is -2.68. The van der Waals surface area contributed by atoms with Gasteiger partial charge in [-0.25, -0.2) is 8.42 Å². The number of carbonyl (C=O) groups excluding carboxylic acids is 2. The maximum Gasteiger partial charge on any atom is 0.264 e. The highest BCUT2D eigenvalue weighted by Gasteiger charge is 2.34. The van der Waals surface area contributed by atoms with Crippen LogP contribution in [0, 0.1) is 6.92 Å². The van der Waals surface area contributed by atoms with Crippen LogP contribution in [0.5, 0.6) is 5.75 Å². The molecule has 3 aromatic carbocycles. The fourth-order valence-electron chi connectivity index (χ4n) is 4.18. The summed E-state index contributed by atoms with van der Waals surface area (Å²) in [6.07, 6.45) is 0.285. The largest absolute Gasteiger partial charge is 0.497 e. The van der Waals surface area contributed by atoms with Crippen LogP contribution < -0.4 is 14.4 Å². The van der Waals surface area contributed by atoms with Crippen molar-refractivity contribution in [3.8, 4) is 5.75 Å². The van der Waals surface area contributed by atoms with E-state index in [9.17, 15) is 18.0 Å². The van der Waals surface area contributed by atoms with Crippen LogP contribution in [0.25, 0.3) is 0 Å². The third-order valence-corrected chi connectivity index (χ3v) is 8.87. The third kappa shape index (κ3) is 7.27. The second-order valence-electron chi connectivity index (χ2n) is 9.06. The topological polar surface area (TPSA) is 96.0 Å². The zero-order valence-corrected chi connectivity index (χ0v) is 25.2. The summed E-state index contributed by atoms with van der Waals surface area (Å²) < 4.78 is 34.1. The van der Waals surface area contributed by atoms with Crippen LogP contribution in [0.15, 0.2) is 71.6 Å². The maximum atomic E-state index is 14.0. The standard InChI is InChI=1S/C29H33Cl2N3O5S/c1-5-27(29(36)32-6-2)33(18-24-25(30)8-7-9-26(24)31)28(35)19-34(21-12-14-22(39-4)15-13-21)40(37,38)23-16-10-20(3)11-17-23/h7-17,27H,5-6,18-19H2,1-4H3,(H,32,36). The van der Waals surface area contributed by atoms with E-state index in [0.29, 0.717) is 27.9 Å².